The SMILES string of the molecule is Cc1cc(/C=C2\C(=O)NC(=O)N(c3ccc4c(c3)OCO4)C2=O)c(C)n1-c1cccc(C(=O)O)c1. The van der Waals surface area contributed by atoms with Crippen molar-refractivity contribution in [1.82, 2.24) is 9.88 Å². The van der Waals surface area contributed by atoms with Gasteiger partial charge < -0.3 is 19.1 Å². The molecule has 0 atom stereocenters. The van der Waals surface area contributed by atoms with Crippen LogP contribution in [0.1, 0.15) is 27.3 Å². The Labute approximate surface area is 199 Å². The summed E-state index contributed by atoms with van der Waals surface area (Å²) in [5, 5.41) is 11.5. The van der Waals surface area contributed by atoms with Crippen LogP contribution in [-0.4, -0.2) is 40.3 Å². The number of carbonyl (C=O) groups excluding carboxylic acids is 3. The van der Waals surface area contributed by atoms with Crippen LogP contribution >= 0.6 is 0 Å². The molecule has 35 heavy (non-hydrogen) atoms. The smallest absolute Gasteiger partial charge is 0.335 e. The van der Waals surface area contributed by atoms with Gasteiger partial charge in [0.05, 0.1) is 11.3 Å². The first-order valence-corrected chi connectivity index (χ1v) is 10.6. The van der Waals surface area contributed by atoms with Crippen molar-refractivity contribution in [3.05, 3.63) is 76.6 Å². The third-order valence-electron chi connectivity index (χ3n) is 5.84. The Bertz CT molecular complexity index is 1470. The maximum absolute atomic E-state index is 13.3. The first-order chi connectivity index (χ1) is 16.7. The lowest BCUT2D eigenvalue weighted by Gasteiger charge is -2.26. The van der Waals surface area contributed by atoms with E-state index < -0.39 is 23.8 Å². The van der Waals surface area contributed by atoms with E-state index in [-0.39, 0.29) is 23.6 Å². The molecule has 10 nitrogen and oxygen atoms in total. The van der Waals surface area contributed by atoms with Crippen molar-refractivity contribution >= 4 is 35.6 Å². The number of nitrogens with zero attached hydrogens (tertiary/aromatic N) is 2. The van der Waals surface area contributed by atoms with Gasteiger partial charge in [0.25, 0.3) is 11.8 Å². The van der Waals surface area contributed by atoms with Gasteiger partial charge >= 0.3 is 12.0 Å². The average Bonchev–Trinajstić information content (AvgIpc) is 3.39. The van der Waals surface area contributed by atoms with Gasteiger partial charge in [-0.15, -0.1) is 0 Å². The lowest BCUT2D eigenvalue weighted by atomic mass is 10.1. The molecule has 0 unspecified atom stereocenters. The lowest BCUT2D eigenvalue weighted by Crippen LogP contribution is -2.54. The van der Waals surface area contributed by atoms with E-state index in [1.54, 1.807) is 31.2 Å². The Hall–Kier alpha value is -4.86. The van der Waals surface area contributed by atoms with Crippen molar-refractivity contribution in [1.29, 1.82) is 0 Å². The number of hydrogen-bond donors (Lipinski definition) is 2. The van der Waals surface area contributed by atoms with Crippen LogP contribution in [0.15, 0.2) is 54.1 Å². The number of anilines is 1. The highest BCUT2D eigenvalue weighted by molar-refractivity contribution is 6.39. The number of carboxylic acid groups (broad SMARTS) is 1. The van der Waals surface area contributed by atoms with E-state index in [9.17, 15) is 24.3 Å². The minimum atomic E-state index is -1.05. The number of hydrogen-bond acceptors (Lipinski definition) is 6. The van der Waals surface area contributed by atoms with Crippen LogP contribution in [0.4, 0.5) is 10.5 Å². The summed E-state index contributed by atoms with van der Waals surface area (Å²) in [6.07, 6.45) is 1.42. The maximum atomic E-state index is 13.3. The maximum Gasteiger partial charge on any atom is 0.335 e. The van der Waals surface area contributed by atoms with E-state index in [1.807, 2.05) is 11.5 Å². The van der Waals surface area contributed by atoms with Gasteiger partial charge in [0, 0.05) is 23.1 Å². The van der Waals surface area contributed by atoms with Crippen molar-refractivity contribution in [2.45, 2.75) is 13.8 Å². The zero-order valence-electron chi connectivity index (χ0n) is 18.7. The van der Waals surface area contributed by atoms with Crippen LogP contribution in [0, 0.1) is 13.8 Å². The molecule has 0 aliphatic carbocycles. The topological polar surface area (TPSA) is 127 Å². The summed E-state index contributed by atoms with van der Waals surface area (Å²) in [7, 11) is 0. The fraction of sp³-hybridized carbons (Fsp3) is 0.120. The van der Waals surface area contributed by atoms with Gasteiger partial charge in [0.15, 0.2) is 11.5 Å². The minimum absolute atomic E-state index is 0.0353. The first-order valence-electron chi connectivity index (χ1n) is 10.6. The van der Waals surface area contributed by atoms with Crippen LogP contribution in [0.3, 0.4) is 0 Å². The number of aromatic carboxylic acids is 1. The Morgan fingerprint density at radius 1 is 1.00 bits per heavy atom. The quantitative estimate of drug-likeness (QED) is 0.440. The molecule has 2 aliphatic rings. The summed E-state index contributed by atoms with van der Waals surface area (Å²) in [6, 6.07) is 12.0. The third-order valence-corrected chi connectivity index (χ3v) is 5.84. The fourth-order valence-electron chi connectivity index (χ4n) is 4.18. The van der Waals surface area contributed by atoms with E-state index in [4.69, 9.17) is 9.47 Å². The molecule has 4 amide bonds. The van der Waals surface area contributed by atoms with Gasteiger partial charge in [-0.2, -0.15) is 0 Å². The number of barbiturate groups is 1. The van der Waals surface area contributed by atoms with Crippen LogP contribution in [-0.2, 0) is 9.59 Å². The number of carboxylic acids is 1. The second-order valence-corrected chi connectivity index (χ2v) is 8.01. The number of fused-ring (bicyclic) bond motifs is 1. The molecule has 2 N–H and O–H groups in total. The number of rotatable bonds is 4. The van der Waals surface area contributed by atoms with Gasteiger partial charge in [-0.05, 0) is 61.9 Å². The van der Waals surface area contributed by atoms with Gasteiger partial charge in [-0.3, -0.25) is 14.9 Å². The van der Waals surface area contributed by atoms with Gasteiger partial charge in [-0.1, -0.05) is 6.07 Å². The van der Waals surface area contributed by atoms with Gasteiger partial charge in [0.2, 0.25) is 6.79 Å². The zero-order valence-corrected chi connectivity index (χ0v) is 18.7. The summed E-state index contributed by atoms with van der Waals surface area (Å²) in [5.41, 5.74) is 2.79. The van der Waals surface area contributed by atoms with Crippen molar-refractivity contribution in [2.75, 3.05) is 11.7 Å². The molecule has 176 valence electrons. The number of nitrogens with one attached hydrogen (secondary N) is 1. The monoisotopic (exact) mass is 473 g/mol. The largest absolute Gasteiger partial charge is 0.478 e. The number of amides is 4. The molecule has 0 saturated carbocycles. The number of imide groups is 2. The average molecular weight is 473 g/mol. The van der Waals surface area contributed by atoms with E-state index in [0.717, 1.165) is 10.6 Å². The number of carbonyl (C=O) groups is 4. The van der Waals surface area contributed by atoms with Gasteiger partial charge in [0.1, 0.15) is 5.57 Å². The van der Waals surface area contributed by atoms with Crippen molar-refractivity contribution < 1.29 is 33.8 Å². The number of aryl methyl sites for hydroxylation is 1. The molecule has 0 bridgehead atoms. The molecule has 10 heteroatoms. The van der Waals surface area contributed by atoms with E-state index in [2.05, 4.69) is 5.32 Å². The predicted molar refractivity (Wildman–Crippen MR) is 124 cm³/mol. The second-order valence-electron chi connectivity index (χ2n) is 8.01. The molecular weight excluding hydrogens is 454 g/mol. The Morgan fingerprint density at radius 3 is 2.54 bits per heavy atom. The fourth-order valence-corrected chi connectivity index (χ4v) is 4.18. The summed E-state index contributed by atoms with van der Waals surface area (Å²) in [5.74, 6) is -1.76. The Balaban J connectivity index is 1.54. The molecule has 1 saturated heterocycles. The minimum Gasteiger partial charge on any atom is -0.478 e. The molecule has 1 fully saturated rings. The number of aromatic nitrogens is 1. The van der Waals surface area contributed by atoms with Crippen molar-refractivity contribution in [3.63, 3.8) is 0 Å². The second kappa shape index (κ2) is 8.17. The molecule has 3 heterocycles. The Kier molecular flexibility index (Phi) is 5.13. The van der Waals surface area contributed by atoms with Crippen molar-refractivity contribution in [2.24, 2.45) is 0 Å². The molecule has 1 aromatic heterocycles. The van der Waals surface area contributed by atoms with Crippen LogP contribution in [0.5, 0.6) is 11.5 Å². The zero-order chi connectivity index (χ0) is 24.9. The molecule has 2 aliphatic heterocycles. The number of ether oxygens (including phenoxy) is 2. The highest BCUT2D eigenvalue weighted by Gasteiger charge is 2.37. The Morgan fingerprint density at radius 2 is 1.77 bits per heavy atom. The molecule has 0 radical (unpaired) electrons. The molecular formula is C25H19N3O7. The van der Waals surface area contributed by atoms with E-state index in [1.165, 1.54) is 30.3 Å². The standard InChI is InChI=1S/C25H19N3O7/c1-13-8-16(14(2)27(13)17-5-3-4-15(9-17)24(31)32)10-19-22(29)26-25(33)28(23(19)30)18-6-7-20-21(11-18)35-12-34-20/h3-11H,12H2,1-2H3,(H,31,32)(H,26,29,33)/b19-10+. The van der Waals surface area contributed by atoms with Crippen LogP contribution < -0.4 is 19.7 Å². The highest BCUT2D eigenvalue weighted by atomic mass is 16.7. The van der Waals surface area contributed by atoms with Crippen molar-refractivity contribution in [3.8, 4) is 17.2 Å². The molecule has 3 aromatic rings. The summed E-state index contributed by atoms with van der Waals surface area (Å²) >= 11 is 0. The van der Waals surface area contributed by atoms with Gasteiger partial charge in [-0.25, -0.2) is 14.5 Å². The molecule has 2 aromatic carbocycles. The van der Waals surface area contributed by atoms with Crippen LogP contribution in [0.2, 0.25) is 0 Å². The summed E-state index contributed by atoms with van der Waals surface area (Å²) in [6.45, 7) is 3.65. The normalized spacial score (nSPS) is 16.1. The summed E-state index contributed by atoms with van der Waals surface area (Å²) < 4.78 is 12.4. The van der Waals surface area contributed by atoms with E-state index in [0.29, 0.717) is 28.4 Å². The lowest BCUT2D eigenvalue weighted by molar-refractivity contribution is -0.122. The predicted octanol–water partition coefficient (Wildman–Crippen LogP) is 3.19. The molecule has 0 spiro atoms. The van der Waals surface area contributed by atoms with E-state index >= 15 is 0 Å². The molecule has 5 rings (SSSR count). The van der Waals surface area contributed by atoms with Crippen LogP contribution in [0.25, 0.3) is 11.8 Å². The first kappa shape index (κ1) is 22.0. The third kappa shape index (κ3) is 3.70. The summed E-state index contributed by atoms with van der Waals surface area (Å²) in [4.78, 5) is 50.7. The number of benzene rings is 2. The number of urea groups is 1. The highest BCUT2D eigenvalue weighted by Crippen LogP contribution is 2.36.